The maximum Gasteiger partial charge on any atom is 0.303 e. The van der Waals surface area contributed by atoms with Crippen molar-refractivity contribution in [1.82, 2.24) is 5.32 Å². The lowest BCUT2D eigenvalue weighted by Crippen LogP contribution is -2.29. The molecule has 1 fully saturated rings. The van der Waals surface area contributed by atoms with Crippen LogP contribution in [0.1, 0.15) is 52.4 Å². The summed E-state index contributed by atoms with van der Waals surface area (Å²) < 4.78 is 5.43. The van der Waals surface area contributed by atoms with Gasteiger partial charge in [-0.15, -0.1) is 0 Å². The number of hydrogen-bond donors (Lipinski definition) is 2. The molecule has 0 aliphatic carbocycles. The summed E-state index contributed by atoms with van der Waals surface area (Å²) >= 11 is 0. The fourth-order valence-electron chi connectivity index (χ4n) is 2.60. The highest BCUT2D eigenvalue weighted by Crippen LogP contribution is 2.20. The van der Waals surface area contributed by atoms with Gasteiger partial charge in [-0.3, -0.25) is 9.59 Å². The van der Waals surface area contributed by atoms with Crippen LogP contribution >= 0.6 is 0 Å². The highest BCUT2D eigenvalue weighted by molar-refractivity contribution is 5.76. The van der Waals surface area contributed by atoms with Crippen molar-refractivity contribution in [3.8, 4) is 0 Å². The highest BCUT2D eigenvalue weighted by atomic mass is 16.5. The number of nitrogens with one attached hydrogen (secondary N) is 1. The smallest absolute Gasteiger partial charge is 0.303 e. The number of carbonyl (C=O) groups excluding carboxylic acids is 1. The second-order valence-electron chi connectivity index (χ2n) is 5.91. The molecule has 0 aromatic carbocycles. The molecule has 1 amide bonds. The van der Waals surface area contributed by atoms with Gasteiger partial charge in [-0.05, 0) is 37.5 Å². The number of ether oxygens (including phenoxy) is 1. The molecule has 1 saturated heterocycles. The van der Waals surface area contributed by atoms with Crippen LogP contribution < -0.4 is 5.32 Å². The quantitative estimate of drug-likeness (QED) is 0.681. The van der Waals surface area contributed by atoms with Crippen molar-refractivity contribution < 1.29 is 19.4 Å². The normalized spacial score (nSPS) is 20.1. The number of aliphatic carboxylic acids is 1. The molecule has 1 aliphatic heterocycles. The zero-order chi connectivity index (χ0) is 15.0. The summed E-state index contributed by atoms with van der Waals surface area (Å²) in [5.74, 6) is 0.0641. The van der Waals surface area contributed by atoms with Crippen LogP contribution in [-0.2, 0) is 14.3 Å². The van der Waals surface area contributed by atoms with E-state index in [2.05, 4.69) is 19.2 Å². The standard InChI is InChI=1S/C15H27NO4/c1-11(2)12(5-6-15(18)19)7-8-16-14(17)10-13-4-3-9-20-13/h11-13H,3-10H2,1-2H3,(H,16,17)(H,18,19). The predicted octanol–water partition coefficient (Wildman–Crippen LogP) is 2.20. The van der Waals surface area contributed by atoms with Crippen molar-refractivity contribution >= 4 is 11.9 Å². The van der Waals surface area contributed by atoms with E-state index in [0.29, 0.717) is 31.2 Å². The van der Waals surface area contributed by atoms with Crippen LogP contribution in [0.15, 0.2) is 0 Å². The summed E-state index contributed by atoms with van der Waals surface area (Å²) in [5.41, 5.74) is 0. The Morgan fingerprint density at radius 1 is 1.35 bits per heavy atom. The van der Waals surface area contributed by atoms with Crippen molar-refractivity contribution in [1.29, 1.82) is 0 Å². The van der Waals surface area contributed by atoms with E-state index in [1.165, 1.54) is 0 Å². The van der Waals surface area contributed by atoms with E-state index in [4.69, 9.17) is 9.84 Å². The van der Waals surface area contributed by atoms with Gasteiger partial charge in [0.15, 0.2) is 0 Å². The first-order valence-electron chi connectivity index (χ1n) is 7.59. The minimum absolute atomic E-state index is 0.0395. The summed E-state index contributed by atoms with van der Waals surface area (Å²) in [6, 6.07) is 0. The number of carboxylic acid groups (broad SMARTS) is 1. The minimum atomic E-state index is -0.752. The van der Waals surface area contributed by atoms with Gasteiger partial charge in [0.05, 0.1) is 12.5 Å². The van der Waals surface area contributed by atoms with Crippen LogP contribution in [0.25, 0.3) is 0 Å². The molecule has 2 N–H and O–H groups in total. The lowest BCUT2D eigenvalue weighted by molar-refractivity contribution is -0.137. The Morgan fingerprint density at radius 3 is 2.65 bits per heavy atom. The topological polar surface area (TPSA) is 75.6 Å². The van der Waals surface area contributed by atoms with Gasteiger partial charge in [0.25, 0.3) is 0 Å². The Hall–Kier alpha value is -1.10. The third-order valence-electron chi connectivity index (χ3n) is 3.95. The first-order chi connectivity index (χ1) is 9.49. The van der Waals surface area contributed by atoms with Crippen LogP contribution in [0, 0.1) is 11.8 Å². The van der Waals surface area contributed by atoms with Crippen LogP contribution in [0.5, 0.6) is 0 Å². The Bertz CT molecular complexity index is 311. The van der Waals surface area contributed by atoms with Crippen molar-refractivity contribution in [3.05, 3.63) is 0 Å². The number of amides is 1. The number of hydrogen-bond acceptors (Lipinski definition) is 3. The summed E-state index contributed by atoms with van der Waals surface area (Å²) in [6.45, 7) is 5.58. The maximum absolute atomic E-state index is 11.7. The first-order valence-corrected chi connectivity index (χ1v) is 7.59. The van der Waals surface area contributed by atoms with E-state index in [1.54, 1.807) is 0 Å². The molecule has 0 saturated carbocycles. The fraction of sp³-hybridized carbons (Fsp3) is 0.867. The lowest BCUT2D eigenvalue weighted by Gasteiger charge is -2.20. The van der Waals surface area contributed by atoms with E-state index in [-0.39, 0.29) is 18.4 Å². The zero-order valence-corrected chi connectivity index (χ0v) is 12.6. The van der Waals surface area contributed by atoms with Gasteiger partial charge in [-0.2, -0.15) is 0 Å². The maximum atomic E-state index is 11.7. The second kappa shape index (κ2) is 8.95. The van der Waals surface area contributed by atoms with Crippen LogP contribution in [0.4, 0.5) is 0 Å². The minimum Gasteiger partial charge on any atom is -0.481 e. The molecule has 1 rings (SSSR count). The Kier molecular flexibility index (Phi) is 7.59. The zero-order valence-electron chi connectivity index (χ0n) is 12.6. The van der Waals surface area contributed by atoms with E-state index in [0.717, 1.165) is 25.9 Å². The van der Waals surface area contributed by atoms with Gasteiger partial charge in [0, 0.05) is 19.6 Å². The highest BCUT2D eigenvalue weighted by Gasteiger charge is 2.19. The van der Waals surface area contributed by atoms with Crippen molar-refractivity contribution in [2.45, 2.75) is 58.5 Å². The van der Waals surface area contributed by atoms with Gasteiger partial charge in [0.2, 0.25) is 5.91 Å². The van der Waals surface area contributed by atoms with E-state index < -0.39 is 5.97 Å². The SMILES string of the molecule is CC(C)C(CCNC(=O)CC1CCCO1)CCC(=O)O. The molecule has 0 aromatic heterocycles. The van der Waals surface area contributed by atoms with Crippen LogP contribution in [-0.4, -0.2) is 36.2 Å². The second-order valence-corrected chi connectivity index (χ2v) is 5.91. The van der Waals surface area contributed by atoms with Crippen molar-refractivity contribution in [2.24, 2.45) is 11.8 Å². The number of rotatable bonds is 9. The fourth-order valence-corrected chi connectivity index (χ4v) is 2.60. The Balaban J connectivity index is 2.18. The Labute approximate surface area is 121 Å². The summed E-state index contributed by atoms with van der Waals surface area (Å²) in [6.07, 6.45) is 4.26. The van der Waals surface area contributed by atoms with Gasteiger partial charge in [-0.1, -0.05) is 13.8 Å². The predicted molar refractivity (Wildman–Crippen MR) is 76.4 cm³/mol. The molecular formula is C15H27NO4. The van der Waals surface area contributed by atoms with Gasteiger partial charge in [-0.25, -0.2) is 0 Å². The molecule has 1 heterocycles. The third-order valence-corrected chi connectivity index (χ3v) is 3.95. The molecular weight excluding hydrogens is 258 g/mol. The van der Waals surface area contributed by atoms with Crippen molar-refractivity contribution in [2.75, 3.05) is 13.2 Å². The van der Waals surface area contributed by atoms with Crippen LogP contribution in [0.2, 0.25) is 0 Å². The van der Waals surface area contributed by atoms with Crippen LogP contribution in [0.3, 0.4) is 0 Å². The summed E-state index contributed by atoms with van der Waals surface area (Å²) in [7, 11) is 0. The van der Waals surface area contributed by atoms with E-state index >= 15 is 0 Å². The molecule has 1 aliphatic rings. The largest absolute Gasteiger partial charge is 0.481 e. The van der Waals surface area contributed by atoms with Gasteiger partial charge < -0.3 is 15.2 Å². The molecule has 116 valence electrons. The molecule has 0 bridgehead atoms. The monoisotopic (exact) mass is 285 g/mol. The molecule has 0 aromatic rings. The molecule has 2 unspecified atom stereocenters. The lowest BCUT2D eigenvalue weighted by atomic mass is 9.88. The first kappa shape index (κ1) is 17.0. The van der Waals surface area contributed by atoms with Gasteiger partial charge in [0.1, 0.15) is 0 Å². The molecule has 2 atom stereocenters. The average molecular weight is 285 g/mol. The molecule has 0 spiro atoms. The number of carbonyl (C=O) groups is 2. The summed E-state index contributed by atoms with van der Waals surface area (Å²) in [5, 5.41) is 11.6. The van der Waals surface area contributed by atoms with Gasteiger partial charge >= 0.3 is 5.97 Å². The number of carboxylic acids is 1. The Morgan fingerprint density at radius 2 is 2.10 bits per heavy atom. The average Bonchev–Trinajstić information content (AvgIpc) is 2.85. The van der Waals surface area contributed by atoms with E-state index in [1.807, 2.05) is 0 Å². The molecule has 0 radical (unpaired) electrons. The molecule has 5 nitrogen and oxygen atoms in total. The molecule has 5 heteroatoms. The van der Waals surface area contributed by atoms with Crippen molar-refractivity contribution in [3.63, 3.8) is 0 Å². The van der Waals surface area contributed by atoms with E-state index in [9.17, 15) is 9.59 Å². The summed E-state index contributed by atoms with van der Waals surface area (Å²) in [4.78, 5) is 22.3. The third kappa shape index (κ3) is 6.89. The molecule has 20 heavy (non-hydrogen) atoms.